The summed E-state index contributed by atoms with van der Waals surface area (Å²) >= 11 is 0. The fourth-order valence-electron chi connectivity index (χ4n) is 7.55. The number of aliphatic hydroxyl groups is 6. The van der Waals surface area contributed by atoms with Gasteiger partial charge in [0, 0.05) is 0 Å². The molecule has 0 aliphatic carbocycles. The van der Waals surface area contributed by atoms with E-state index >= 15 is 0 Å². The van der Waals surface area contributed by atoms with Crippen LogP contribution >= 0.6 is 0 Å². The standard InChI is InChI=1S/C48H91NO9/c1-4-6-7-8-9-10-11-12-13-14-15-16-17-18-19-20-23-27-30-33-36-42(52)47(56)49-40(38-57-48-46(55)45(54)44(53)43(37-50)58-48)41(51)35-32-29-26-24-21-22-25-28-31-34-39(3)5-2/h27,30,32,35,39-46,48,50-55H,4-26,28-29,31,33-34,36-38H2,1-3H3,(H,49,56)/b30-27?,35-32+/t39?,40-,41+,42+,43+,44+,45-,46+,48+/m0/s1. The zero-order valence-electron chi connectivity index (χ0n) is 37.3. The van der Waals surface area contributed by atoms with E-state index in [-0.39, 0.29) is 13.0 Å². The van der Waals surface area contributed by atoms with E-state index in [4.69, 9.17) is 9.47 Å². The second-order valence-electron chi connectivity index (χ2n) is 17.3. The molecule has 0 radical (unpaired) electrons. The summed E-state index contributed by atoms with van der Waals surface area (Å²) in [5, 5.41) is 64.6. The van der Waals surface area contributed by atoms with Gasteiger partial charge in [0.1, 0.15) is 30.5 Å². The highest BCUT2D eigenvalue weighted by molar-refractivity contribution is 5.80. The molecule has 0 spiro atoms. The summed E-state index contributed by atoms with van der Waals surface area (Å²) in [5.74, 6) is 0.167. The Morgan fingerprint density at radius 1 is 0.638 bits per heavy atom. The predicted molar refractivity (Wildman–Crippen MR) is 236 cm³/mol. The molecule has 1 aliphatic heterocycles. The lowest BCUT2D eigenvalue weighted by molar-refractivity contribution is -0.302. The number of carbonyl (C=O) groups excluding carboxylic acids is 1. The van der Waals surface area contributed by atoms with Gasteiger partial charge in [-0.25, -0.2) is 0 Å². The van der Waals surface area contributed by atoms with Gasteiger partial charge < -0.3 is 45.4 Å². The Labute approximate surface area is 354 Å². The number of unbranched alkanes of at least 4 members (excludes halogenated alkanes) is 23. The van der Waals surface area contributed by atoms with Gasteiger partial charge in [0.2, 0.25) is 5.91 Å². The van der Waals surface area contributed by atoms with Gasteiger partial charge in [-0.1, -0.05) is 193 Å². The van der Waals surface area contributed by atoms with Crippen LogP contribution in [-0.4, -0.2) is 98.7 Å². The van der Waals surface area contributed by atoms with Crippen molar-refractivity contribution >= 4 is 5.91 Å². The van der Waals surface area contributed by atoms with Gasteiger partial charge in [-0.05, 0) is 44.4 Å². The molecule has 1 rings (SSSR count). The van der Waals surface area contributed by atoms with Gasteiger partial charge in [-0.2, -0.15) is 0 Å². The van der Waals surface area contributed by atoms with Crippen LogP contribution in [0.5, 0.6) is 0 Å². The minimum absolute atomic E-state index is 0.228. The number of aliphatic hydroxyl groups excluding tert-OH is 6. The third-order valence-electron chi connectivity index (χ3n) is 11.9. The van der Waals surface area contributed by atoms with Gasteiger partial charge in [0.25, 0.3) is 0 Å². The van der Waals surface area contributed by atoms with Crippen LogP contribution in [0.25, 0.3) is 0 Å². The van der Waals surface area contributed by atoms with Crippen molar-refractivity contribution in [3.05, 3.63) is 24.3 Å². The van der Waals surface area contributed by atoms with E-state index in [1.54, 1.807) is 6.08 Å². The van der Waals surface area contributed by atoms with Gasteiger partial charge in [-0.15, -0.1) is 0 Å². The predicted octanol–water partition coefficient (Wildman–Crippen LogP) is 9.11. The van der Waals surface area contributed by atoms with Crippen LogP contribution in [0.2, 0.25) is 0 Å². The fraction of sp³-hybridized carbons (Fsp3) is 0.896. The number of allylic oxidation sites excluding steroid dienone is 3. The molecular formula is C48H91NO9. The van der Waals surface area contributed by atoms with Crippen LogP contribution in [0.4, 0.5) is 0 Å². The molecule has 0 aromatic rings. The Hall–Kier alpha value is -1.37. The number of hydrogen-bond donors (Lipinski definition) is 7. The quantitative estimate of drug-likeness (QED) is 0.0236. The van der Waals surface area contributed by atoms with Crippen LogP contribution in [0.3, 0.4) is 0 Å². The maximum atomic E-state index is 13.0. The Bertz CT molecular complexity index is 994. The minimum atomic E-state index is -1.61. The molecule has 342 valence electrons. The topological polar surface area (TPSA) is 169 Å². The first-order valence-electron chi connectivity index (χ1n) is 24.1. The lowest BCUT2D eigenvalue weighted by Gasteiger charge is -2.40. The van der Waals surface area contributed by atoms with Crippen LogP contribution in [0.1, 0.15) is 207 Å². The molecule has 1 aliphatic rings. The zero-order chi connectivity index (χ0) is 42.6. The molecule has 0 saturated carbocycles. The lowest BCUT2D eigenvalue weighted by Crippen LogP contribution is -2.60. The molecular weight excluding hydrogens is 735 g/mol. The highest BCUT2D eigenvalue weighted by Gasteiger charge is 2.44. The van der Waals surface area contributed by atoms with E-state index in [9.17, 15) is 35.4 Å². The Kier molecular flexibility index (Phi) is 35.2. The SMILES string of the molecule is CCCCCCCCCCCCCCCCCCC=CCC[C@@H](O)C(=O)N[C@@H](CO[C@@H]1O[C@H](CO)[C@@H](O)[C@H](O)[C@H]1O)[C@H](O)/C=C/CCCCCCCCCC(C)CC. The smallest absolute Gasteiger partial charge is 0.249 e. The molecule has 10 heteroatoms. The lowest BCUT2D eigenvalue weighted by atomic mass is 9.99. The van der Waals surface area contributed by atoms with Crippen molar-refractivity contribution in [1.82, 2.24) is 5.32 Å². The Balaban J connectivity index is 2.39. The molecule has 0 aromatic heterocycles. The first-order chi connectivity index (χ1) is 28.2. The van der Waals surface area contributed by atoms with Crippen molar-refractivity contribution in [2.24, 2.45) is 5.92 Å². The van der Waals surface area contributed by atoms with Crippen molar-refractivity contribution in [3.63, 3.8) is 0 Å². The monoisotopic (exact) mass is 826 g/mol. The van der Waals surface area contributed by atoms with E-state index in [0.29, 0.717) is 6.42 Å². The van der Waals surface area contributed by atoms with E-state index in [1.165, 1.54) is 141 Å². The van der Waals surface area contributed by atoms with Crippen molar-refractivity contribution in [1.29, 1.82) is 0 Å². The van der Waals surface area contributed by atoms with E-state index in [1.807, 2.05) is 12.2 Å². The summed E-state index contributed by atoms with van der Waals surface area (Å²) in [4.78, 5) is 13.0. The van der Waals surface area contributed by atoms with Crippen molar-refractivity contribution in [3.8, 4) is 0 Å². The van der Waals surface area contributed by atoms with E-state index in [2.05, 4.69) is 32.2 Å². The van der Waals surface area contributed by atoms with Gasteiger partial charge in [-0.3, -0.25) is 4.79 Å². The number of carbonyl (C=O) groups is 1. The van der Waals surface area contributed by atoms with Gasteiger partial charge >= 0.3 is 0 Å². The maximum absolute atomic E-state index is 13.0. The van der Waals surface area contributed by atoms with Crippen LogP contribution in [0, 0.1) is 5.92 Å². The first kappa shape index (κ1) is 54.6. The molecule has 0 bridgehead atoms. The van der Waals surface area contributed by atoms with Crippen LogP contribution in [0.15, 0.2) is 24.3 Å². The second kappa shape index (κ2) is 37.4. The number of hydrogen-bond acceptors (Lipinski definition) is 9. The highest BCUT2D eigenvalue weighted by Crippen LogP contribution is 2.23. The van der Waals surface area contributed by atoms with E-state index in [0.717, 1.165) is 38.0 Å². The summed E-state index contributed by atoms with van der Waals surface area (Å²) < 4.78 is 11.1. The Morgan fingerprint density at radius 3 is 1.64 bits per heavy atom. The third kappa shape index (κ3) is 27.5. The summed E-state index contributed by atoms with van der Waals surface area (Å²) in [5.41, 5.74) is 0. The normalized spacial score (nSPS) is 22.1. The molecule has 0 aromatic carbocycles. The molecule has 1 amide bonds. The molecule has 1 unspecified atom stereocenters. The number of amides is 1. The Morgan fingerprint density at radius 2 is 1.12 bits per heavy atom. The molecule has 9 atom stereocenters. The molecule has 58 heavy (non-hydrogen) atoms. The van der Waals surface area contributed by atoms with Crippen molar-refractivity contribution < 1.29 is 44.9 Å². The molecule has 10 nitrogen and oxygen atoms in total. The third-order valence-corrected chi connectivity index (χ3v) is 11.9. The maximum Gasteiger partial charge on any atom is 0.249 e. The molecule has 7 N–H and O–H groups in total. The summed E-state index contributed by atoms with van der Waals surface area (Å²) in [7, 11) is 0. The summed E-state index contributed by atoms with van der Waals surface area (Å²) in [6.45, 7) is 5.92. The van der Waals surface area contributed by atoms with Crippen LogP contribution < -0.4 is 5.32 Å². The number of nitrogens with one attached hydrogen (secondary N) is 1. The minimum Gasteiger partial charge on any atom is -0.394 e. The molecule has 1 fully saturated rings. The fourth-order valence-corrected chi connectivity index (χ4v) is 7.55. The van der Waals surface area contributed by atoms with Crippen molar-refractivity contribution in [2.45, 2.75) is 256 Å². The number of rotatable bonds is 39. The van der Waals surface area contributed by atoms with Crippen LogP contribution in [-0.2, 0) is 14.3 Å². The average molecular weight is 826 g/mol. The first-order valence-corrected chi connectivity index (χ1v) is 24.1. The molecule has 1 saturated heterocycles. The number of ether oxygens (including phenoxy) is 2. The second-order valence-corrected chi connectivity index (χ2v) is 17.3. The zero-order valence-corrected chi connectivity index (χ0v) is 37.3. The average Bonchev–Trinajstić information content (AvgIpc) is 3.22. The van der Waals surface area contributed by atoms with Gasteiger partial charge in [0.05, 0.1) is 25.4 Å². The summed E-state index contributed by atoms with van der Waals surface area (Å²) in [6.07, 6.45) is 32.8. The van der Waals surface area contributed by atoms with Gasteiger partial charge in [0.15, 0.2) is 6.29 Å². The molecule has 1 heterocycles. The highest BCUT2D eigenvalue weighted by atomic mass is 16.7. The largest absolute Gasteiger partial charge is 0.394 e. The van der Waals surface area contributed by atoms with Crippen molar-refractivity contribution in [2.75, 3.05) is 13.2 Å². The van der Waals surface area contributed by atoms with E-state index < -0.39 is 61.5 Å². The summed E-state index contributed by atoms with van der Waals surface area (Å²) in [6, 6.07) is -0.994.